The molecule has 1 atom stereocenters. The first-order valence-electron chi connectivity index (χ1n) is 8.38. The molecule has 7 nitrogen and oxygen atoms in total. The van der Waals surface area contributed by atoms with Crippen LogP contribution in [-0.4, -0.2) is 50.8 Å². The van der Waals surface area contributed by atoms with Crippen molar-refractivity contribution in [3.8, 4) is 0 Å². The fraction of sp³-hybridized carbons (Fsp3) is 0.529. The van der Waals surface area contributed by atoms with Crippen LogP contribution in [0.5, 0.6) is 0 Å². The number of nitrogens with one attached hydrogen (secondary N) is 3. The molecule has 2 saturated heterocycles. The summed E-state index contributed by atoms with van der Waals surface area (Å²) < 4.78 is 5.41. The number of rotatable bonds is 4. The normalized spacial score (nSPS) is 20.6. The summed E-state index contributed by atoms with van der Waals surface area (Å²) in [5.74, 6) is -0.116. The van der Waals surface area contributed by atoms with Crippen LogP contribution in [-0.2, 0) is 16.1 Å². The number of nitrogens with zero attached hydrogens (tertiary/aromatic N) is 1. The van der Waals surface area contributed by atoms with Gasteiger partial charge in [0.2, 0.25) is 5.91 Å². The summed E-state index contributed by atoms with van der Waals surface area (Å²) in [6.07, 6.45) is 0.635. The van der Waals surface area contributed by atoms with Gasteiger partial charge in [-0.15, -0.1) is 0 Å². The molecule has 2 heterocycles. The number of hydrogen-bond acceptors (Lipinski definition) is 4. The first-order chi connectivity index (χ1) is 11.6. The quantitative estimate of drug-likeness (QED) is 0.751. The second kappa shape index (κ2) is 7.53. The van der Waals surface area contributed by atoms with E-state index in [1.54, 1.807) is 0 Å². The van der Waals surface area contributed by atoms with Crippen molar-refractivity contribution in [1.29, 1.82) is 0 Å². The summed E-state index contributed by atoms with van der Waals surface area (Å²) in [6.45, 7) is 6.24. The maximum atomic E-state index is 12.0. The molecule has 0 unspecified atom stereocenters. The van der Waals surface area contributed by atoms with Crippen molar-refractivity contribution < 1.29 is 14.3 Å². The van der Waals surface area contributed by atoms with Crippen LogP contribution in [0, 0.1) is 6.92 Å². The highest BCUT2D eigenvalue weighted by Gasteiger charge is 2.25. The van der Waals surface area contributed by atoms with Crippen molar-refractivity contribution in [1.82, 2.24) is 16.0 Å². The average Bonchev–Trinajstić information content (AvgIpc) is 2.99. The summed E-state index contributed by atoms with van der Waals surface area (Å²) in [7, 11) is 0. The number of amides is 3. The van der Waals surface area contributed by atoms with E-state index in [4.69, 9.17) is 4.74 Å². The van der Waals surface area contributed by atoms with Gasteiger partial charge in [0.1, 0.15) is 6.04 Å². The van der Waals surface area contributed by atoms with Crippen molar-refractivity contribution in [3.05, 3.63) is 29.3 Å². The van der Waals surface area contributed by atoms with Gasteiger partial charge in [0.05, 0.1) is 13.2 Å². The van der Waals surface area contributed by atoms with Gasteiger partial charge in [0, 0.05) is 31.9 Å². The Morgan fingerprint density at radius 2 is 2.17 bits per heavy atom. The first-order valence-corrected chi connectivity index (χ1v) is 8.38. The summed E-state index contributed by atoms with van der Waals surface area (Å²) in [4.78, 5) is 25.8. The third kappa shape index (κ3) is 3.97. The number of carbonyl (C=O) groups excluding carboxylic acids is 2. The number of carbonyl (C=O) groups is 2. The predicted octanol–water partition coefficient (Wildman–Crippen LogP) is 0.519. The molecule has 1 aromatic carbocycles. The first kappa shape index (κ1) is 16.6. The molecule has 2 aliphatic heterocycles. The van der Waals surface area contributed by atoms with Gasteiger partial charge in [-0.2, -0.15) is 0 Å². The Hall–Kier alpha value is -2.28. The fourth-order valence-corrected chi connectivity index (χ4v) is 3.04. The Morgan fingerprint density at radius 1 is 1.38 bits per heavy atom. The van der Waals surface area contributed by atoms with Crippen molar-refractivity contribution in [2.45, 2.75) is 25.9 Å². The van der Waals surface area contributed by atoms with Gasteiger partial charge in [-0.1, -0.05) is 12.1 Å². The molecule has 24 heavy (non-hydrogen) atoms. The number of morpholine rings is 1. The van der Waals surface area contributed by atoms with Crippen molar-refractivity contribution >= 4 is 17.6 Å². The maximum Gasteiger partial charge on any atom is 0.315 e. The largest absolute Gasteiger partial charge is 0.378 e. The fourth-order valence-electron chi connectivity index (χ4n) is 3.04. The monoisotopic (exact) mass is 332 g/mol. The lowest BCUT2D eigenvalue weighted by atomic mass is 10.1. The molecular formula is C17H24N4O3. The van der Waals surface area contributed by atoms with Crippen molar-refractivity contribution in [2.75, 3.05) is 37.7 Å². The van der Waals surface area contributed by atoms with Gasteiger partial charge in [-0.3, -0.25) is 4.79 Å². The molecule has 3 amide bonds. The summed E-state index contributed by atoms with van der Waals surface area (Å²) >= 11 is 0. The van der Waals surface area contributed by atoms with E-state index in [1.807, 2.05) is 12.1 Å². The van der Waals surface area contributed by atoms with Gasteiger partial charge in [0.15, 0.2) is 0 Å². The molecular weight excluding hydrogens is 308 g/mol. The number of anilines is 1. The molecule has 130 valence electrons. The lowest BCUT2D eigenvalue weighted by Crippen LogP contribution is -2.45. The van der Waals surface area contributed by atoms with Crippen LogP contribution in [0.2, 0.25) is 0 Å². The Balaban J connectivity index is 1.61. The highest BCUT2D eigenvalue weighted by Crippen LogP contribution is 2.23. The molecule has 0 saturated carbocycles. The lowest BCUT2D eigenvalue weighted by molar-refractivity contribution is -0.120. The zero-order valence-electron chi connectivity index (χ0n) is 13.9. The number of ether oxygens (including phenoxy) is 1. The van der Waals surface area contributed by atoms with Crippen molar-refractivity contribution in [3.63, 3.8) is 0 Å². The minimum absolute atomic E-state index is 0.116. The van der Waals surface area contributed by atoms with Gasteiger partial charge in [-0.25, -0.2) is 4.79 Å². The van der Waals surface area contributed by atoms with Crippen LogP contribution in [0.1, 0.15) is 17.5 Å². The smallest absolute Gasteiger partial charge is 0.315 e. The molecule has 2 aliphatic rings. The number of urea groups is 1. The van der Waals surface area contributed by atoms with Crippen LogP contribution < -0.4 is 20.9 Å². The Kier molecular flexibility index (Phi) is 5.20. The molecule has 3 rings (SSSR count). The molecule has 0 radical (unpaired) electrons. The Labute approximate surface area is 141 Å². The third-order valence-corrected chi connectivity index (χ3v) is 4.39. The third-order valence-electron chi connectivity index (χ3n) is 4.39. The number of benzene rings is 1. The predicted molar refractivity (Wildman–Crippen MR) is 91.0 cm³/mol. The topological polar surface area (TPSA) is 82.7 Å². The molecule has 7 heteroatoms. The van der Waals surface area contributed by atoms with Crippen LogP contribution in [0.3, 0.4) is 0 Å². The number of aryl methyl sites for hydroxylation is 1. The van der Waals surface area contributed by atoms with Crippen LogP contribution in [0.25, 0.3) is 0 Å². The van der Waals surface area contributed by atoms with E-state index in [0.29, 0.717) is 19.5 Å². The molecule has 0 aromatic heterocycles. The van der Waals surface area contributed by atoms with E-state index in [0.717, 1.165) is 37.6 Å². The van der Waals surface area contributed by atoms with Gasteiger partial charge < -0.3 is 25.6 Å². The minimum atomic E-state index is -0.429. The lowest BCUT2D eigenvalue weighted by Gasteiger charge is -2.31. The zero-order valence-corrected chi connectivity index (χ0v) is 13.9. The van der Waals surface area contributed by atoms with E-state index >= 15 is 0 Å². The van der Waals surface area contributed by atoms with E-state index in [9.17, 15) is 9.59 Å². The van der Waals surface area contributed by atoms with Crippen LogP contribution >= 0.6 is 0 Å². The maximum absolute atomic E-state index is 12.0. The minimum Gasteiger partial charge on any atom is -0.378 e. The van der Waals surface area contributed by atoms with Gasteiger partial charge in [-0.05, 0) is 30.5 Å². The summed E-state index contributed by atoms with van der Waals surface area (Å²) in [5, 5.41) is 8.28. The highest BCUT2D eigenvalue weighted by molar-refractivity contribution is 5.88. The number of hydrogen-bond donors (Lipinski definition) is 3. The molecule has 0 spiro atoms. The average molecular weight is 332 g/mol. The zero-order chi connectivity index (χ0) is 16.9. The summed E-state index contributed by atoms with van der Waals surface area (Å²) in [6, 6.07) is 5.49. The molecule has 0 aliphatic carbocycles. The van der Waals surface area contributed by atoms with Crippen molar-refractivity contribution in [2.24, 2.45) is 0 Å². The van der Waals surface area contributed by atoms with E-state index in [-0.39, 0.29) is 11.9 Å². The Morgan fingerprint density at radius 3 is 2.88 bits per heavy atom. The second-order valence-electron chi connectivity index (χ2n) is 6.19. The van der Waals surface area contributed by atoms with E-state index < -0.39 is 6.04 Å². The Bertz CT molecular complexity index is 614. The van der Waals surface area contributed by atoms with E-state index in [2.05, 4.69) is 33.8 Å². The van der Waals surface area contributed by atoms with E-state index in [1.165, 1.54) is 5.56 Å². The SMILES string of the molecule is Cc1ccc(CNC(=O)N[C@H]2CCNC2=O)c(N2CCOCC2)c1. The van der Waals surface area contributed by atoms with Gasteiger partial charge in [0.25, 0.3) is 0 Å². The second-order valence-corrected chi connectivity index (χ2v) is 6.19. The standard InChI is InChI=1S/C17H24N4O3/c1-12-2-3-13(15(10-12)21-6-8-24-9-7-21)11-19-17(23)20-14-4-5-18-16(14)22/h2-3,10,14H,4-9,11H2,1H3,(H,18,22)(H2,19,20,23)/t14-/m0/s1. The van der Waals surface area contributed by atoms with Gasteiger partial charge >= 0.3 is 6.03 Å². The molecule has 2 fully saturated rings. The highest BCUT2D eigenvalue weighted by atomic mass is 16.5. The van der Waals surface area contributed by atoms with Crippen LogP contribution in [0.4, 0.5) is 10.5 Å². The summed E-state index contributed by atoms with van der Waals surface area (Å²) in [5.41, 5.74) is 3.39. The van der Waals surface area contributed by atoms with Crippen LogP contribution in [0.15, 0.2) is 18.2 Å². The molecule has 3 N–H and O–H groups in total. The molecule has 0 bridgehead atoms. The molecule has 1 aromatic rings.